The van der Waals surface area contributed by atoms with Crippen LogP contribution < -0.4 is 0 Å². The lowest BCUT2D eigenvalue weighted by Crippen LogP contribution is -1.97. The highest BCUT2D eigenvalue weighted by atomic mass is 15.0. The first-order valence-corrected chi connectivity index (χ1v) is 15.9. The predicted molar refractivity (Wildman–Crippen MR) is 197 cm³/mol. The Hall–Kier alpha value is -6.88. The van der Waals surface area contributed by atoms with E-state index in [9.17, 15) is 5.26 Å². The maximum absolute atomic E-state index is 10.2. The van der Waals surface area contributed by atoms with Gasteiger partial charge in [-0.15, -0.1) is 0 Å². The number of rotatable bonds is 4. The van der Waals surface area contributed by atoms with Gasteiger partial charge in [-0.3, -0.25) is 0 Å². The molecule has 0 aliphatic carbocycles. The van der Waals surface area contributed by atoms with E-state index in [2.05, 4.69) is 135 Å². The number of aromatic nitrogens is 2. The van der Waals surface area contributed by atoms with Gasteiger partial charge >= 0.3 is 0 Å². The normalized spacial score (nSPS) is 11.3. The fourth-order valence-electron chi connectivity index (χ4n) is 7.29. The van der Waals surface area contributed by atoms with Crippen molar-refractivity contribution in [2.75, 3.05) is 0 Å². The Morgan fingerprint density at radius 2 is 1.04 bits per heavy atom. The standard InChI is InChI=1S/C44H26N4/c1-46-39-16-10-15-37-36-14-5-9-20-43(36)48(44(37)39)40-17-6-2-11-33(40)29-21-23-30(24-22-29)38-27-32(26-25-31(38)28-45)47-41-18-7-3-12-34(41)35-13-4-8-19-42(35)47/h2-27H. The average Bonchev–Trinajstić information content (AvgIpc) is 3.68. The summed E-state index contributed by atoms with van der Waals surface area (Å²) in [6.45, 7) is 7.94. The molecule has 0 aliphatic rings. The van der Waals surface area contributed by atoms with Crippen LogP contribution in [0, 0.1) is 17.9 Å². The third kappa shape index (κ3) is 4.07. The SMILES string of the molecule is [C-]#[N+]c1cccc2c3ccccc3n(-c3ccccc3-c3ccc(-c4cc(-n5c6ccccc6c6ccccc65)ccc4C#N)cc3)c12. The van der Waals surface area contributed by atoms with Crippen molar-refractivity contribution in [3.05, 3.63) is 175 Å². The van der Waals surface area contributed by atoms with Crippen molar-refractivity contribution in [1.82, 2.24) is 9.13 Å². The van der Waals surface area contributed by atoms with E-state index in [1.54, 1.807) is 0 Å². The smallest absolute Gasteiger partial charge is 0.211 e. The number of para-hydroxylation sites is 5. The Labute approximate surface area is 277 Å². The molecule has 222 valence electrons. The van der Waals surface area contributed by atoms with Gasteiger partial charge in [0.2, 0.25) is 5.69 Å². The van der Waals surface area contributed by atoms with E-state index in [-0.39, 0.29) is 0 Å². The van der Waals surface area contributed by atoms with E-state index in [1.165, 1.54) is 10.8 Å². The van der Waals surface area contributed by atoms with E-state index in [1.807, 2.05) is 42.5 Å². The molecule has 0 saturated carbocycles. The zero-order chi connectivity index (χ0) is 32.2. The summed E-state index contributed by atoms with van der Waals surface area (Å²) in [6.07, 6.45) is 0. The third-order valence-electron chi connectivity index (χ3n) is 9.41. The first-order chi connectivity index (χ1) is 23.7. The van der Waals surface area contributed by atoms with Crippen molar-refractivity contribution in [1.29, 1.82) is 5.26 Å². The lowest BCUT2D eigenvalue weighted by molar-refractivity contribution is 1.18. The van der Waals surface area contributed by atoms with Gasteiger partial charge in [-0.25, -0.2) is 4.85 Å². The largest absolute Gasteiger partial charge is 0.318 e. The Morgan fingerprint density at radius 3 is 1.69 bits per heavy atom. The molecule has 7 aromatic carbocycles. The lowest BCUT2D eigenvalue weighted by atomic mass is 9.96. The number of nitriles is 1. The highest BCUT2D eigenvalue weighted by molar-refractivity contribution is 6.14. The number of benzene rings is 7. The highest BCUT2D eigenvalue weighted by Gasteiger charge is 2.18. The van der Waals surface area contributed by atoms with Crippen molar-refractivity contribution in [2.24, 2.45) is 0 Å². The molecule has 2 heterocycles. The average molecular weight is 611 g/mol. The molecule has 0 aliphatic heterocycles. The van der Waals surface area contributed by atoms with Gasteiger partial charge in [0, 0.05) is 33.0 Å². The van der Waals surface area contributed by atoms with Gasteiger partial charge in [-0.1, -0.05) is 115 Å². The van der Waals surface area contributed by atoms with E-state index in [4.69, 9.17) is 6.57 Å². The van der Waals surface area contributed by atoms with Crippen LogP contribution in [0.4, 0.5) is 5.69 Å². The molecule has 0 fully saturated rings. The molecule has 9 aromatic rings. The summed E-state index contributed by atoms with van der Waals surface area (Å²) >= 11 is 0. The summed E-state index contributed by atoms with van der Waals surface area (Å²) in [5, 5.41) is 14.7. The fraction of sp³-hybridized carbons (Fsp3) is 0. The molecule has 0 spiro atoms. The van der Waals surface area contributed by atoms with Gasteiger partial charge in [0.1, 0.15) is 0 Å². The van der Waals surface area contributed by atoms with Crippen LogP contribution in [0.1, 0.15) is 5.56 Å². The van der Waals surface area contributed by atoms with E-state index in [0.29, 0.717) is 11.3 Å². The van der Waals surface area contributed by atoms with Gasteiger partial charge in [-0.2, -0.15) is 5.26 Å². The summed E-state index contributed by atoms with van der Waals surface area (Å²) in [5.74, 6) is 0. The maximum Gasteiger partial charge on any atom is 0.211 e. The highest BCUT2D eigenvalue weighted by Crippen LogP contribution is 2.41. The van der Waals surface area contributed by atoms with Crippen LogP contribution in [-0.2, 0) is 0 Å². The summed E-state index contributed by atoms with van der Waals surface area (Å²) in [5.41, 5.74) is 11.5. The van der Waals surface area contributed by atoms with Crippen molar-refractivity contribution < 1.29 is 0 Å². The number of hydrogen-bond donors (Lipinski definition) is 0. The third-order valence-corrected chi connectivity index (χ3v) is 9.41. The number of nitrogens with zero attached hydrogens (tertiary/aromatic N) is 4. The lowest BCUT2D eigenvalue weighted by Gasteiger charge is -2.15. The first kappa shape index (κ1) is 27.4. The quantitative estimate of drug-likeness (QED) is 0.183. The molecule has 0 radical (unpaired) electrons. The minimum Gasteiger partial charge on any atom is -0.318 e. The molecular formula is C44H26N4. The summed E-state index contributed by atoms with van der Waals surface area (Å²) in [4.78, 5) is 3.90. The van der Waals surface area contributed by atoms with Crippen molar-refractivity contribution in [3.8, 4) is 39.7 Å². The Balaban J connectivity index is 1.19. The molecule has 0 atom stereocenters. The Kier molecular flexibility index (Phi) is 6.22. The minimum atomic E-state index is 0.626. The zero-order valence-electron chi connectivity index (χ0n) is 25.8. The number of hydrogen-bond acceptors (Lipinski definition) is 1. The molecule has 2 aromatic heterocycles. The number of fused-ring (bicyclic) bond motifs is 6. The zero-order valence-corrected chi connectivity index (χ0v) is 25.8. The second kappa shape index (κ2) is 10.9. The monoisotopic (exact) mass is 610 g/mol. The van der Waals surface area contributed by atoms with Gasteiger partial charge < -0.3 is 9.13 Å². The topological polar surface area (TPSA) is 38.0 Å². The van der Waals surface area contributed by atoms with Gasteiger partial charge in [0.05, 0.1) is 46.0 Å². The molecule has 0 N–H and O–H groups in total. The molecule has 4 nitrogen and oxygen atoms in total. The first-order valence-electron chi connectivity index (χ1n) is 15.9. The molecule has 48 heavy (non-hydrogen) atoms. The molecule has 9 rings (SSSR count). The summed E-state index contributed by atoms with van der Waals surface area (Å²) < 4.78 is 4.51. The van der Waals surface area contributed by atoms with Crippen LogP contribution in [0.25, 0.3) is 82.1 Å². The van der Waals surface area contributed by atoms with E-state index >= 15 is 0 Å². The van der Waals surface area contributed by atoms with Gasteiger partial charge in [-0.05, 0) is 59.0 Å². The van der Waals surface area contributed by atoms with Crippen LogP contribution in [-0.4, -0.2) is 9.13 Å². The Morgan fingerprint density at radius 1 is 0.500 bits per heavy atom. The summed E-state index contributed by atoms with van der Waals surface area (Å²) in [7, 11) is 0. The van der Waals surface area contributed by atoms with Crippen molar-refractivity contribution >= 4 is 49.3 Å². The van der Waals surface area contributed by atoms with E-state index in [0.717, 1.165) is 66.5 Å². The van der Waals surface area contributed by atoms with E-state index < -0.39 is 0 Å². The van der Waals surface area contributed by atoms with Gasteiger partial charge in [0.15, 0.2) is 0 Å². The fourth-order valence-corrected chi connectivity index (χ4v) is 7.29. The second-order valence-electron chi connectivity index (χ2n) is 11.9. The molecule has 0 amide bonds. The van der Waals surface area contributed by atoms with Crippen molar-refractivity contribution in [2.45, 2.75) is 0 Å². The Bertz CT molecular complexity index is 2750. The van der Waals surface area contributed by atoms with Crippen LogP contribution in [0.3, 0.4) is 0 Å². The second-order valence-corrected chi connectivity index (χ2v) is 11.9. The molecule has 0 bridgehead atoms. The van der Waals surface area contributed by atoms with Crippen LogP contribution >= 0.6 is 0 Å². The van der Waals surface area contributed by atoms with Gasteiger partial charge in [0.25, 0.3) is 0 Å². The van der Waals surface area contributed by atoms with Crippen LogP contribution in [0.15, 0.2) is 158 Å². The van der Waals surface area contributed by atoms with Crippen molar-refractivity contribution in [3.63, 3.8) is 0 Å². The summed E-state index contributed by atoms with van der Waals surface area (Å²) in [6, 6.07) is 56.6. The molecular weight excluding hydrogens is 585 g/mol. The molecule has 0 saturated heterocycles. The predicted octanol–water partition coefficient (Wildman–Crippen LogP) is 11.6. The minimum absolute atomic E-state index is 0.626. The van der Waals surface area contributed by atoms with Crippen LogP contribution in [0.2, 0.25) is 0 Å². The molecule has 4 heteroatoms. The van der Waals surface area contributed by atoms with Crippen LogP contribution in [0.5, 0.6) is 0 Å². The molecule has 0 unspecified atom stereocenters. The maximum atomic E-state index is 10.2.